The Hall–Kier alpha value is -0.850. The van der Waals surface area contributed by atoms with Gasteiger partial charge in [0, 0.05) is 6.42 Å². The van der Waals surface area contributed by atoms with Crippen molar-refractivity contribution in [2.24, 2.45) is 23.7 Å². The zero-order valence-corrected chi connectivity index (χ0v) is 12.0. The molecule has 1 heteroatoms. The average Bonchev–Trinajstić information content (AvgIpc) is 2.86. The van der Waals surface area contributed by atoms with Crippen LogP contribution >= 0.6 is 0 Å². The van der Waals surface area contributed by atoms with Gasteiger partial charge >= 0.3 is 0 Å². The topological polar surface area (TPSA) is 17.1 Å². The van der Waals surface area contributed by atoms with Crippen molar-refractivity contribution in [3.8, 4) is 0 Å². The van der Waals surface area contributed by atoms with Gasteiger partial charge in [-0.25, -0.2) is 0 Å². The average molecular weight is 256 g/mol. The molecule has 0 aliphatic heterocycles. The van der Waals surface area contributed by atoms with Crippen molar-refractivity contribution in [2.75, 3.05) is 0 Å². The van der Waals surface area contributed by atoms with Gasteiger partial charge in [-0.3, -0.25) is 4.79 Å². The van der Waals surface area contributed by atoms with E-state index < -0.39 is 0 Å². The van der Waals surface area contributed by atoms with Crippen molar-refractivity contribution in [1.29, 1.82) is 0 Å². The molecule has 0 radical (unpaired) electrons. The van der Waals surface area contributed by atoms with E-state index in [1.165, 1.54) is 44.1 Å². The Morgan fingerprint density at radius 3 is 2.89 bits per heavy atom. The molecule has 2 fully saturated rings. The van der Waals surface area contributed by atoms with Crippen molar-refractivity contribution in [3.63, 3.8) is 0 Å². The number of rotatable bonds is 0. The van der Waals surface area contributed by atoms with Gasteiger partial charge in [-0.2, -0.15) is 0 Å². The fraction of sp³-hybridized carbons (Fsp3) is 0.722. The molecule has 0 unspecified atom stereocenters. The number of carbonyl (C=O) groups excluding carboxylic acids is 1. The van der Waals surface area contributed by atoms with E-state index in [0.29, 0.717) is 5.78 Å². The van der Waals surface area contributed by atoms with Gasteiger partial charge in [-0.05, 0) is 73.0 Å². The molecule has 0 heterocycles. The summed E-state index contributed by atoms with van der Waals surface area (Å²) in [4.78, 5) is 11.7. The van der Waals surface area contributed by atoms with Crippen LogP contribution in [0.4, 0.5) is 0 Å². The Labute approximate surface area is 116 Å². The Morgan fingerprint density at radius 2 is 2.00 bits per heavy atom. The highest BCUT2D eigenvalue weighted by atomic mass is 16.1. The Morgan fingerprint density at radius 1 is 1.11 bits per heavy atom. The van der Waals surface area contributed by atoms with Crippen LogP contribution in [0.5, 0.6) is 0 Å². The van der Waals surface area contributed by atoms with E-state index in [1.54, 1.807) is 11.1 Å². The summed E-state index contributed by atoms with van der Waals surface area (Å²) >= 11 is 0. The second-order valence-corrected chi connectivity index (χ2v) is 7.24. The first-order chi connectivity index (χ1) is 9.24. The number of allylic oxidation sites excluding steroid dienone is 4. The van der Waals surface area contributed by atoms with Gasteiger partial charge in [-0.1, -0.05) is 25.3 Å². The summed E-state index contributed by atoms with van der Waals surface area (Å²) in [7, 11) is 0. The number of hydrogen-bond acceptors (Lipinski definition) is 1. The maximum absolute atomic E-state index is 11.7. The molecule has 4 aliphatic carbocycles. The molecule has 19 heavy (non-hydrogen) atoms. The van der Waals surface area contributed by atoms with E-state index in [4.69, 9.17) is 0 Å². The van der Waals surface area contributed by atoms with Crippen LogP contribution in [0.25, 0.3) is 0 Å². The van der Waals surface area contributed by atoms with Gasteiger partial charge < -0.3 is 0 Å². The summed E-state index contributed by atoms with van der Waals surface area (Å²) in [5.41, 5.74) is 4.81. The van der Waals surface area contributed by atoms with E-state index in [1.807, 2.05) is 6.08 Å². The fourth-order valence-corrected chi connectivity index (χ4v) is 5.57. The fourth-order valence-electron chi connectivity index (χ4n) is 5.57. The summed E-state index contributed by atoms with van der Waals surface area (Å²) < 4.78 is 0. The lowest BCUT2D eigenvalue weighted by molar-refractivity contribution is -0.114. The van der Waals surface area contributed by atoms with Crippen molar-refractivity contribution in [1.82, 2.24) is 0 Å². The van der Waals surface area contributed by atoms with Crippen LogP contribution in [0.15, 0.2) is 22.8 Å². The van der Waals surface area contributed by atoms with E-state index in [9.17, 15) is 4.79 Å². The van der Waals surface area contributed by atoms with Crippen LogP contribution in [0.3, 0.4) is 0 Å². The number of fused-ring (bicyclic) bond motifs is 4. The summed E-state index contributed by atoms with van der Waals surface area (Å²) in [5, 5.41) is 0. The van der Waals surface area contributed by atoms with Gasteiger partial charge in [0.25, 0.3) is 0 Å². The largest absolute Gasteiger partial charge is 0.295 e. The van der Waals surface area contributed by atoms with E-state index in [-0.39, 0.29) is 0 Å². The molecule has 4 atom stereocenters. The maximum atomic E-state index is 11.7. The summed E-state index contributed by atoms with van der Waals surface area (Å²) in [6.07, 6.45) is 12.1. The van der Waals surface area contributed by atoms with E-state index in [0.717, 1.165) is 36.5 Å². The zero-order valence-electron chi connectivity index (χ0n) is 12.0. The highest BCUT2D eigenvalue weighted by molar-refractivity contribution is 5.93. The third kappa shape index (κ3) is 1.77. The molecule has 2 saturated carbocycles. The van der Waals surface area contributed by atoms with Crippen LogP contribution in [0.2, 0.25) is 0 Å². The molecule has 0 amide bonds. The normalized spacial score (nSPS) is 41.5. The van der Waals surface area contributed by atoms with Gasteiger partial charge in [0.1, 0.15) is 0 Å². The molecular formula is C18H24O. The minimum Gasteiger partial charge on any atom is -0.295 e. The molecule has 0 N–H and O–H groups in total. The summed E-state index contributed by atoms with van der Waals surface area (Å²) in [5.74, 6) is 3.99. The third-order valence-corrected chi connectivity index (χ3v) is 6.25. The maximum Gasteiger partial charge on any atom is 0.156 e. The van der Waals surface area contributed by atoms with Crippen LogP contribution < -0.4 is 0 Å². The lowest BCUT2D eigenvalue weighted by Crippen LogP contribution is -2.35. The molecule has 4 aliphatic rings. The lowest BCUT2D eigenvalue weighted by atomic mass is 9.59. The zero-order chi connectivity index (χ0) is 13.0. The molecule has 0 bridgehead atoms. The highest BCUT2D eigenvalue weighted by Gasteiger charge is 2.44. The van der Waals surface area contributed by atoms with Gasteiger partial charge in [0.15, 0.2) is 5.78 Å². The van der Waals surface area contributed by atoms with Crippen molar-refractivity contribution >= 4 is 5.78 Å². The van der Waals surface area contributed by atoms with Crippen LogP contribution in [-0.4, -0.2) is 5.78 Å². The Balaban J connectivity index is 1.78. The molecule has 0 aromatic rings. The second-order valence-electron chi connectivity index (χ2n) is 7.24. The van der Waals surface area contributed by atoms with Gasteiger partial charge in [0.05, 0.1) is 0 Å². The van der Waals surface area contributed by atoms with Crippen LogP contribution in [0.1, 0.15) is 58.3 Å². The van der Waals surface area contributed by atoms with Gasteiger partial charge in [0.2, 0.25) is 0 Å². The summed E-state index contributed by atoms with van der Waals surface area (Å²) in [6, 6.07) is 0. The van der Waals surface area contributed by atoms with Crippen molar-refractivity contribution < 1.29 is 4.79 Å². The minimum atomic E-state index is 0.361. The molecule has 102 valence electrons. The lowest BCUT2D eigenvalue weighted by Gasteiger charge is -2.45. The van der Waals surface area contributed by atoms with E-state index >= 15 is 0 Å². The van der Waals surface area contributed by atoms with Crippen LogP contribution in [0, 0.1) is 23.7 Å². The molecule has 4 rings (SSSR count). The van der Waals surface area contributed by atoms with Gasteiger partial charge in [-0.15, -0.1) is 0 Å². The van der Waals surface area contributed by atoms with Crippen LogP contribution in [-0.2, 0) is 4.79 Å². The first kappa shape index (κ1) is 11.9. The predicted molar refractivity (Wildman–Crippen MR) is 76.7 cm³/mol. The Bertz CT molecular complexity index is 482. The predicted octanol–water partition coefficient (Wildman–Crippen LogP) is 4.44. The first-order valence-corrected chi connectivity index (χ1v) is 8.19. The summed E-state index contributed by atoms with van der Waals surface area (Å²) in [6.45, 7) is 2.43. The quantitative estimate of drug-likeness (QED) is 0.626. The smallest absolute Gasteiger partial charge is 0.156 e. The van der Waals surface area contributed by atoms with Crippen molar-refractivity contribution in [3.05, 3.63) is 22.8 Å². The van der Waals surface area contributed by atoms with Crippen molar-refractivity contribution in [2.45, 2.75) is 58.3 Å². The molecule has 0 aromatic carbocycles. The minimum absolute atomic E-state index is 0.361. The standard InChI is InChI=1S/C18H24O/c1-11-9-13-10-14(19)6-8-15(13)17-7-5-12-3-2-4-16(12)18(11)17/h10-12,16,18H,2-9H2,1H3/t11-,12+,16-,18+/m1/s1. The first-order valence-electron chi connectivity index (χ1n) is 8.19. The molecular weight excluding hydrogens is 232 g/mol. The Kier molecular flexibility index (Phi) is 2.72. The van der Waals surface area contributed by atoms with E-state index in [2.05, 4.69) is 6.92 Å². The molecule has 1 nitrogen and oxygen atoms in total. The highest BCUT2D eigenvalue weighted by Crippen LogP contribution is 2.55. The number of hydrogen-bond donors (Lipinski definition) is 0. The second kappa shape index (κ2) is 4.33. The molecule has 0 aromatic heterocycles. The molecule has 0 saturated heterocycles. The number of ketones is 1. The third-order valence-electron chi connectivity index (χ3n) is 6.25. The number of carbonyl (C=O) groups is 1. The SMILES string of the molecule is C[C@@H]1CC2=CC(=O)CCC2=C2CC[C@@H]3CCC[C@H]3[C@@H]21. The molecule has 0 spiro atoms. The monoisotopic (exact) mass is 256 g/mol.